The molecule has 0 aromatic carbocycles. The fourth-order valence-electron chi connectivity index (χ4n) is 2.35. The van der Waals surface area contributed by atoms with E-state index in [2.05, 4.69) is 6.92 Å². The number of carbonyl (C=O) groups is 1. The summed E-state index contributed by atoms with van der Waals surface area (Å²) in [6, 6.07) is 0. The maximum atomic E-state index is 11.3. The number of carbonyl (C=O) groups excluding carboxylic acids is 1. The molecule has 1 aliphatic carbocycles. The SMILES string of the molecule is CCOC(=O)CC(C)C1CCCCC1. The van der Waals surface area contributed by atoms with Gasteiger partial charge >= 0.3 is 5.97 Å². The number of esters is 1. The monoisotopic (exact) mass is 198 g/mol. The summed E-state index contributed by atoms with van der Waals surface area (Å²) < 4.78 is 4.96. The third-order valence-electron chi connectivity index (χ3n) is 3.25. The van der Waals surface area contributed by atoms with Crippen LogP contribution < -0.4 is 0 Å². The lowest BCUT2D eigenvalue weighted by atomic mass is 9.79. The van der Waals surface area contributed by atoms with Gasteiger partial charge in [-0.1, -0.05) is 39.0 Å². The van der Waals surface area contributed by atoms with Crippen molar-refractivity contribution >= 4 is 5.97 Å². The molecule has 1 saturated carbocycles. The van der Waals surface area contributed by atoms with Crippen LogP contribution in [0.25, 0.3) is 0 Å². The Morgan fingerprint density at radius 3 is 2.57 bits per heavy atom. The van der Waals surface area contributed by atoms with Gasteiger partial charge in [0.1, 0.15) is 0 Å². The summed E-state index contributed by atoms with van der Waals surface area (Å²) in [5.41, 5.74) is 0. The molecule has 0 N–H and O–H groups in total. The average molecular weight is 198 g/mol. The Bertz CT molecular complexity index is 171. The topological polar surface area (TPSA) is 26.3 Å². The highest BCUT2D eigenvalue weighted by atomic mass is 16.5. The average Bonchev–Trinajstić information content (AvgIpc) is 2.19. The van der Waals surface area contributed by atoms with E-state index in [0.717, 1.165) is 5.92 Å². The summed E-state index contributed by atoms with van der Waals surface area (Å²) in [6.45, 7) is 4.56. The summed E-state index contributed by atoms with van der Waals surface area (Å²) in [4.78, 5) is 11.3. The molecule has 1 rings (SSSR count). The van der Waals surface area contributed by atoms with E-state index in [4.69, 9.17) is 4.74 Å². The first-order chi connectivity index (χ1) is 6.74. The molecule has 0 bridgehead atoms. The summed E-state index contributed by atoms with van der Waals surface area (Å²) in [7, 11) is 0. The molecule has 2 heteroatoms. The molecule has 0 radical (unpaired) electrons. The van der Waals surface area contributed by atoms with Gasteiger partial charge in [0.05, 0.1) is 6.61 Å². The Morgan fingerprint density at radius 1 is 1.36 bits per heavy atom. The molecule has 0 aliphatic heterocycles. The first-order valence-corrected chi connectivity index (χ1v) is 5.89. The smallest absolute Gasteiger partial charge is 0.306 e. The van der Waals surface area contributed by atoms with Gasteiger partial charge in [-0.05, 0) is 18.8 Å². The summed E-state index contributed by atoms with van der Waals surface area (Å²) in [5, 5.41) is 0. The quantitative estimate of drug-likeness (QED) is 0.649. The van der Waals surface area contributed by atoms with Crippen molar-refractivity contribution in [1.82, 2.24) is 0 Å². The van der Waals surface area contributed by atoms with E-state index >= 15 is 0 Å². The van der Waals surface area contributed by atoms with Crippen LogP contribution in [0.2, 0.25) is 0 Å². The number of rotatable bonds is 4. The molecule has 0 amide bonds. The van der Waals surface area contributed by atoms with Crippen molar-refractivity contribution in [3.8, 4) is 0 Å². The van der Waals surface area contributed by atoms with E-state index < -0.39 is 0 Å². The van der Waals surface area contributed by atoms with E-state index in [1.165, 1.54) is 32.1 Å². The molecule has 82 valence electrons. The van der Waals surface area contributed by atoms with Crippen molar-refractivity contribution in [2.24, 2.45) is 11.8 Å². The van der Waals surface area contributed by atoms with E-state index in [-0.39, 0.29) is 5.97 Å². The third kappa shape index (κ3) is 3.69. The second-order valence-corrected chi connectivity index (χ2v) is 4.38. The lowest BCUT2D eigenvalue weighted by Gasteiger charge is -2.26. The van der Waals surface area contributed by atoms with Gasteiger partial charge < -0.3 is 4.74 Å². The number of hydrogen-bond donors (Lipinski definition) is 0. The van der Waals surface area contributed by atoms with Crippen molar-refractivity contribution in [2.45, 2.75) is 52.4 Å². The highest BCUT2D eigenvalue weighted by molar-refractivity contribution is 5.69. The largest absolute Gasteiger partial charge is 0.466 e. The maximum Gasteiger partial charge on any atom is 0.306 e. The maximum absolute atomic E-state index is 11.3. The predicted octanol–water partition coefficient (Wildman–Crippen LogP) is 3.16. The molecule has 0 heterocycles. The van der Waals surface area contributed by atoms with E-state index in [1.807, 2.05) is 6.92 Å². The molecule has 1 fully saturated rings. The molecule has 0 aromatic heterocycles. The summed E-state index contributed by atoms with van der Waals surface area (Å²) in [6.07, 6.45) is 7.29. The first kappa shape index (κ1) is 11.5. The highest BCUT2D eigenvalue weighted by Crippen LogP contribution is 2.31. The van der Waals surface area contributed by atoms with E-state index in [9.17, 15) is 4.79 Å². The van der Waals surface area contributed by atoms with Crippen LogP contribution in [0.1, 0.15) is 52.4 Å². The molecular weight excluding hydrogens is 176 g/mol. The zero-order valence-corrected chi connectivity index (χ0v) is 9.42. The molecule has 0 saturated heterocycles. The van der Waals surface area contributed by atoms with Crippen molar-refractivity contribution in [1.29, 1.82) is 0 Å². The zero-order chi connectivity index (χ0) is 10.4. The molecule has 0 spiro atoms. The predicted molar refractivity (Wildman–Crippen MR) is 57.0 cm³/mol. The lowest BCUT2D eigenvalue weighted by molar-refractivity contribution is -0.144. The summed E-state index contributed by atoms with van der Waals surface area (Å²) >= 11 is 0. The molecule has 1 atom stereocenters. The molecule has 0 aromatic rings. The highest BCUT2D eigenvalue weighted by Gasteiger charge is 2.22. The van der Waals surface area contributed by atoms with Crippen LogP contribution in [-0.2, 0) is 9.53 Å². The molecule has 1 aliphatic rings. The van der Waals surface area contributed by atoms with Crippen LogP contribution in [0.15, 0.2) is 0 Å². The second-order valence-electron chi connectivity index (χ2n) is 4.38. The van der Waals surface area contributed by atoms with Crippen LogP contribution in [0.5, 0.6) is 0 Å². The summed E-state index contributed by atoms with van der Waals surface area (Å²) in [5.74, 6) is 1.24. The van der Waals surface area contributed by atoms with Gasteiger partial charge in [0.2, 0.25) is 0 Å². The van der Waals surface area contributed by atoms with Gasteiger partial charge in [0.15, 0.2) is 0 Å². The first-order valence-electron chi connectivity index (χ1n) is 5.89. The lowest BCUT2D eigenvalue weighted by Crippen LogP contribution is -2.19. The number of ether oxygens (including phenoxy) is 1. The van der Waals surface area contributed by atoms with Crippen molar-refractivity contribution in [3.63, 3.8) is 0 Å². The van der Waals surface area contributed by atoms with Crippen LogP contribution >= 0.6 is 0 Å². The van der Waals surface area contributed by atoms with E-state index in [0.29, 0.717) is 18.9 Å². The Kier molecular flexibility index (Phi) is 4.99. The fourth-order valence-corrected chi connectivity index (χ4v) is 2.35. The van der Waals surface area contributed by atoms with Crippen LogP contribution in [0.4, 0.5) is 0 Å². The van der Waals surface area contributed by atoms with Crippen LogP contribution in [-0.4, -0.2) is 12.6 Å². The fraction of sp³-hybridized carbons (Fsp3) is 0.917. The Balaban J connectivity index is 2.25. The van der Waals surface area contributed by atoms with Crippen molar-refractivity contribution < 1.29 is 9.53 Å². The molecule has 1 unspecified atom stereocenters. The van der Waals surface area contributed by atoms with Gasteiger partial charge in [0.25, 0.3) is 0 Å². The van der Waals surface area contributed by atoms with E-state index in [1.54, 1.807) is 0 Å². The van der Waals surface area contributed by atoms with Crippen LogP contribution in [0, 0.1) is 11.8 Å². The van der Waals surface area contributed by atoms with Gasteiger partial charge in [-0.15, -0.1) is 0 Å². The molecular formula is C12H22O2. The Labute approximate surface area is 87.0 Å². The molecule has 14 heavy (non-hydrogen) atoms. The van der Waals surface area contributed by atoms with Gasteiger partial charge in [0, 0.05) is 6.42 Å². The minimum Gasteiger partial charge on any atom is -0.466 e. The zero-order valence-electron chi connectivity index (χ0n) is 9.42. The molecule has 2 nitrogen and oxygen atoms in total. The Hall–Kier alpha value is -0.530. The normalized spacial score (nSPS) is 20.4. The van der Waals surface area contributed by atoms with Crippen molar-refractivity contribution in [3.05, 3.63) is 0 Å². The minimum atomic E-state index is -0.0226. The third-order valence-corrected chi connectivity index (χ3v) is 3.25. The van der Waals surface area contributed by atoms with Gasteiger partial charge in [-0.3, -0.25) is 4.79 Å². The standard InChI is InChI=1S/C12H22O2/c1-3-14-12(13)9-10(2)11-7-5-4-6-8-11/h10-11H,3-9H2,1-2H3. The van der Waals surface area contributed by atoms with Crippen molar-refractivity contribution in [2.75, 3.05) is 6.61 Å². The Morgan fingerprint density at radius 2 is 2.00 bits per heavy atom. The minimum absolute atomic E-state index is 0.0226. The second kappa shape index (κ2) is 6.05. The van der Waals surface area contributed by atoms with Gasteiger partial charge in [-0.2, -0.15) is 0 Å². The number of hydrogen-bond acceptors (Lipinski definition) is 2. The van der Waals surface area contributed by atoms with Gasteiger partial charge in [-0.25, -0.2) is 0 Å². The van der Waals surface area contributed by atoms with Crippen LogP contribution in [0.3, 0.4) is 0 Å².